The summed E-state index contributed by atoms with van der Waals surface area (Å²) in [5, 5.41) is 5.22. The van der Waals surface area contributed by atoms with Gasteiger partial charge in [-0.05, 0) is 37.6 Å². The minimum atomic E-state index is -1.08. The second-order valence-electron chi connectivity index (χ2n) is 8.78. The molecule has 1 N–H and O–H groups in total. The van der Waals surface area contributed by atoms with E-state index in [1.54, 1.807) is 20.8 Å². The fraction of sp³-hybridized carbons (Fsp3) is 0.565. The lowest BCUT2D eigenvalue weighted by molar-refractivity contribution is -0.133. The molecule has 2 aromatic heterocycles. The van der Waals surface area contributed by atoms with Crippen molar-refractivity contribution < 1.29 is 19.1 Å². The van der Waals surface area contributed by atoms with Gasteiger partial charge in [0.05, 0.1) is 20.0 Å². The number of ether oxygens (including phenoxy) is 1. The van der Waals surface area contributed by atoms with Gasteiger partial charge in [-0.1, -0.05) is 31.7 Å². The lowest BCUT2D eigenvalue weighted by atomic mass is 9.93. The number of amides is 2. The highest BCUT2D eigenvalue weighted by molar-refractivity contribution is 7.09. The summed E-state index contributed by atoms with van der Waals surface area (Å²) in [5.74, 6) is -1.18. The average Bonchev–Trinajstić information content (AvgIpc) is 3.38. The summed E-state index contributed by atoms with van der Waals surface area (Å²) in [6.07, 6.45) is 8.63. The number of nitrogens with one attached hydrogen (secondary N) is 1. The largest absolute Gasteiger partial charge is 0.464 e. The van der Waals surface area contributed by atoms with E-state index in [1.165, 1.54) is 26.3 Å². The van der Waals surface area contributed by atoms with E-state index in [0.717, 1.165) is 30.6 Å². The van der Waals surface area contributed by atoms with Crippen LogP contribution >= 0.6 is 11.3 Å². The molecular weight excluding hydrogens is 428 g/mol. The second-order valence-corrected chi connectivity index (χ2v) is 9.82. The van der Waals surface area contributed by atoms with E-state index in [-0.39, 0.29) is 35.8 Å². The van der Waals surface area contributed by atoms with E-state index in [4.69, 9.17) is 4.74 Å². The number of hydrogen-bond donors (Lipinski definition) is 1. The zero-order chi connectivity index (χ0) is 22.7. The molecule has 1 saturated carbocycles. The summed E-state index contributed by atoms with van der Waals surface area (Å²) < 4.78 is 6.43. The Morgan fingerprint density at radius 3 is 2.69 bits per heavy atom. The van der Waals surface area contributed by atoms with Gasteiger partial charge in [-0.25, -0.2) is 9.78 Å². The molecular formula is C23H30N4O4S. The van der Waals surface area contributed by atoms with Gasteiger partial charge in [-0.15, -0.1) is 11.3 Å². The van der Waals surface area contributed by atoms with E-state index in [2.05, 4.69) is 10.3 Å². The molecule has 32 heavy (non-hydrogen) atoms. The maximum Gasteiger partial charge on any atom is 0.359 e. The number of rotatable bonds is 6. The summed E-state index contributed by atoms with van der Waals surface area (Å²) >= 11 is 1.62. The number of hydrogen-bond acceptors (Lipinski definition) is 6. The van der Waals surface area contributed by atoms with Gasteiger partial charge in [0.25, 0.3) is 5.91 Å². The second kappa shape index (κ2) is 9.44. The van der Waals surface area contributed by atoms with E-state index in [9.17, 15) is 14.4 Å². The Labute approximate surface area is 192 Å². The van der Waals surface area contributed by atoms with Crippen LogP contribution in [0.5, 0.6) is 0 Å². The van der Waals surface area contributed by atoms with Crippen molar-refractivity contribution in [3.8, 4) is 0 Å². The minimum Gasteiger partial charge on any atom is -0.464 e. The molecule has 2 aromatic rings. The van der Waals surface area contributed by atoms with Crippen LogP contribution in [-0.4, -0.2) is 57.5 Å². The Balaban J connectivity index is 1.64. The molecule has 8 nitrogen and oxygen atoms in total. The first-order valence-corrected chi connectivity index (χ1v) is 12.1. The van der Waals surface area contributed by atoms with Crippen molar-refractivity contribution in [3.05, 3.63) is 40.1 Å². The molecule has 0 unspecified atom stereocenters. The van der Waals surface area contributed by atoms with Crippen LogP contribution in [0.15, 0.2) is 23.8 Å². The number of esters is 1. The van der Waals surface area contributed by atoms with Crippen LogP contribution in [-0.2, 0) is 22.5 Å². The molecule has 2 amide bonds. The van der Waals surface area contributed by atoms with Crippen LogP contribution in [0, 0.1) is 0 Å². The van der Waals surface area contributed by atoms with Gasteiger partial charge >= 0.3 is 5.97 Å². The van der Waals surface area contributed by atoms with E-state index >= 15 is 0 Å². The van der Waals surface area contributed by atoms with Gasteiger partial charge in [0.15, 0.2) is 5.69 Å². The standard InChI is InChI=1S/C23H30N4O4S/c1-23(22(30)25-16-8-5-3-4-6-9-16)14-26-15-24-18(21(29)31-2)19(26)20(28)27(23)12-11-17-10-7-13-32-17/h7,10,13,15-16H,3-6,8-9,11-12,14H2,1-2H3,(H,25,30)/t23-/m1/s1. The van der Waals surface area contributed by atoms with E-state index in [0.29, 0.717) is 13.0 Å². The number of carbonyl (C=O) groups excluding carboxylic acids is 3. The number of methoxy groups -OCH3 is 1. The van der Waals surface area contributed by atoms with Crippen molar-refractivity contribution in [2.24, 2.45) is 0 Å². The molecule has 2 aliphatic rings. The predicted molar refractivity (Wildman–Crippen MR) is 121 cm³/mol. The smallest absolute Gasteiger partial charge is 0.359 e. The Hall–Kier alpha value is -2.68. The Kier molecular flexibility index (Phi) is 6.64. The topological polar surface area (TPSA) is 93.5 Å². The molecule has 0 aromatic carbocycles. The first-order valence-electron chi connectivity index (χ1n) is 11.2. The Bertz CT molecular complexity index is 978. The molecule has 0 spiro atoms. The molecule has 1 fully saturated rings. The monoisotopic (exact) mass is 458 g/mol. The summed E-state index contributed by atoms with van der Waals surface area (Å²) in [5.41, 5.74) is -0.908. The molecule has 3 heterocycles. The molecule has 0 radical (unpaired) electrons. The molecule has 1 aliphatic heterocycles. The number of imidazole rings is 1. The molecule has 1 aliphatic carbocycles. The van der Waals surface area contributed by atoms with Gasteiger partial charge in [0.2, 0.25) is 5.91 Å². The van der Waals surface area contributed by atoms with Gasteiger partial charge in [-0.3, -0.25) is 9.59 Å². The molecule has 9 heteroatoms. The molecule has 0 saturated heterocycles. The summed E-state index contributed by atoms with van der Waals surface area (Å²) in [6.45, 7) is 2.42. The molecule has 4 rings (SSSR count). The van der Waals surface area contributed by atoms with Crippen molar-refractivity contribution in [2.45, 2.75) is 70.0 Å². The predicted octanol–water partition coefficient (Wildman–Crippen LogP) is 3.03. The zero-order valence-corrected chi connectivity index (χ0v) is 19.5. The number of carbonyl (C=O) groups is 3. The molecule has 0 bridgehead atoms. The number of thiophene rings is 1. The van der Waals surface area contributed by atoms with Crippen molar-refractivity contribution >= 4 is 29.1 Å². The first-order chi connectivity index (χ1) is 15.4. The third kappa shape index (κ3) is 4.30. The third-order valence-electron chi connectivity index (χ3n) is 6.58. The average molecular weight is 459 g/mol. The summed E-state index contributed by atoms with van der Waals surface area (Å²) in [4.78, 5) is 46.3. The summed E-state index contributed by atoms with van der Waals surface area (Å²) in [6, 6.07) is 4.12. The van der Waals surface area contributed by atoms with Crippen LogP contribution in [0.4, 0.5) is 0 Å². The van der Waals surface area contributed by atoms with Crippen LogP contribution in [0.25, 0.3) is 0 Å². The maximum atomic E-state index is 13.6. The van der Waals surface area contributed by atoms with Crippen molar-refractivity contribution in [1.29, 1.82) is 0 Å². The highest BCUT2D eigenvalue weighted by atomic mass is 32.1. The van der Waals surface area contributed by atoms with Crippen LogP contribution < -0.4 is 5.32 Å². The number of aromatic nitrogens is 2. The van der Waals surface area contributed by atoms with Crippen molar-refractivity contribution in [1.82, 2.24) is 19.8 Å². The van der Waals surface area contributed by atoms with E-state index < -0.39 is 11.5 Å². The highest BCUT2D eigenvalue weighted by Gasteiger charge is 2.49. The normalized spacial score (nSPS) is 21.7. The first kappa shape index (κ1) is 22.5. The lowest BCUT2D eigenvalue weighted by Gasteiger charge is -2.44. The Morgan fingerprint density at radius 1 is 1.28 bits per heavy atom. The van der Waals surface area contributed by atoms with Gasteiger partial charge in [0.1, 0.15) is 11.2 Å². The number of fused-ring (bicyclic) bond motifs is 1. The van der Waals surface area contributed by atoms with Gasteiger partial charge < -0.3 is 19.5 Å². The van der Waals surface area contributed by atoms with Gasteiger partial charge in [-0.2, -0.15) is 0 Å². The quantitative estimate of drug-likeness (QED) is 0.531. The van der Waals surface area contributed by atoms with E-state index in [1.807, 2.05) is 24.4 Å². The highest BCUT2D eigenvalue weighted by Crippen LogP contribution is 2.30. The lowest BCUT2D eigenvalue weighted by Crippen LogP contribution is -2.65. The molecule has 1 atom stereocenters. The third-order valence-corrected chi connectivity index (χ3v) is 7.52. The van der Waals surface area contributed by atoms with Crippen LogP contribution in [0.2, 0.25) is 0 Å². The molecule has 172 valence electrons. The van der Waals surface area contributed by atoms with Gasteiger partial charge in [0, 0.05) is 17.5 Å². The summed E-state index contributed by atoms with van der Waals surface area (Å²) in [7, 11) is 1.26. The van der Waals surface area contributed by atoms with Crippen LogP contribution in [0.1, 0.15) is 71.3 Å². The van der Waals surface area contributed by atoms with Crippen LogP contribution in [0.3, 0.4) is 0 Å². The SMILES string of the molecule is COC(=O)c1ncn2c1C(=O)N(CCc1cccs1)[C@@](C)(C(=O)NC1CCCCCC1)C2. The number of nitrogens with zero attached hydrogens (tertiary/aromatic N) is 3. The fourth-order valence-electron chi connectivity index (χ4n) is 4.73. The van der Waals surface area contributed by atoms with Crippen molar-refractivity contribution in [2.75, 3.05) is 13.7 Å². The fourth-order valence-corrected chi connectivity index (χ4v) is 5.42. The maximum absolute atomic E-state index is 13.6. The Morgan fingerprint density at radius 2 is 2.03 bits per heavy atom. The minimum absolute atomic E-state index is 0.00940. The zero-order valence-electron chi connectivity index (χ0n) is 18.6. The van der Waals surface area contributed by atoms with Crippen molar-refractivity contribution in [3.63, 3.8) is 0 Å².